The van der Waals surface area contributed by atoms with E-state index in [0.29, 0.717) is 0 Å². The Bertz CT molecular complexity index is 748. The summed E-state index contributed by atoms with van der Waals surface area (Å²) >= 11 is -0.830. The second-order valence-electron chi connectivity index (χ2n) is 4.72. The number of benzene rings is 1. The second-order valence-corrected chi connectivity index (χ2v) is 7.73. The van der Waals surface area contributed by atoms with Gasteiger partial charge < -0.3 is 0 Å². The average Bonchev–Trinajstić information content (AvgIpc) is 2.56. The third-order valence-corrected chi connectivity index (χ3v) is 5.36. The third kappa shape index (κ3) is 3.27. The molecule has 102 valence electrons. The van der Waals surface area contributed by atoms with Crippen LogP contribution in [0.5, 0.6) is 0 Å². The Morgan fingerprint density at radius 1 is 0.762 bits per heavy atom. The monoisotopic (exact) mass is 469 g/mol. The molecule has 0 saturated heterocycles. The molecule has 0 amide bonds. The molecule has 1 aromatic carbocycles. The fourth-order valence-electron chi connectivity index (χ4n) is 1.99. The van der Waals surface area contributed by atoms with Crippen molar-refractivity contribution in [1.29, 1.82) is 0 Å². The molecule has 0 aliphatic carbocycles. The Morgan fingerprint density at radius 2 is 1.48 bits per heavy atom. The average molecular weight is 469 g/mol. The van der Waals surface area contributed by atoms with Gasteiger partial charge in [-0.05, 0) is 6.92 Å². The van der Waals surface area contributed by atoms with Crippen molar-refractivity contribution in [2.45, 2.75) is 6.92 Å². The summed E-state index contributed by atoms with van der Waals surface area (Å²) in [4.78, 5) is 13.4. The normalized spacial score (nSPS) is 10.3. The fraction of sp³-hybridized carbons (Fsp3) is 0.0588. The van der Waals surface area contributed by atoms with Crippen LogP contribution in [-0.4, -0.2) is 41.9 Å². The summed E-state index contributed by atoms with van der Waals surface area (Å²) in [5.41, 5.74) is 5.19. The number of hydrogen-bond acceptors (Lipinski definition) is 3. The SMILES string of the molecule is [CH2]=[Bi][c]1cnc(-c2ccc(-c3ccc(C)cc3)nc2)cn1. The van der Waals surface area contributed by atoms with Crippen molar-refractivity contribution < 1.29 is 0 Å². The van der Waals surface area contributed by atoms with Gasteiger partial charge in [-0.25, -0.2) is 0 Å². The molecular formula is C17H14BiN3. The zero-order valence-corrected chi connectivity index (χ0v) is 15.2. The first-order valence-corrected chi connectivity index (χ1v) is 10.8. The van der Waals surface area contributed by atoms with E-state index in [1.807, 2.05) is 30.7 Å². The van der Waals surface area contributed by atoms with Crippen molar-refractivity contribution in [2.24, 2.45) is 0 Å². The van der Waals surface area contributed by atoms with Crippen LogP contribution in [0.1, 0.15) is 5.56 Å². The molecule has 0 spiro atoms. The Kier molecular flexibility index (Phi) is 4.26. The molecule has 0 N–H and O–H groups in total. The van der Waals surface area contributed by atoms with E-state index in [1.165, 1.54) is 5.56 Å². The summed E-state index contributed by atoms with van der Waals surface area (Å²) in [6.07, 6.45) is 5.50. The Morgan fingerprint density at radius 3 is 2.05 bits per heavy atom. The van der Waals surface area contributed by atoms with Gasteiger partial charge >= 0.3 is 128 Å². The van der Waals surface area contributed by atoms with Gasteiger partial charge in [0.05, 0.1) is 0 Å². The number of nitrogens with zero attached hydrogens (tertiary/aromatic N) is 3. The van der Waals surface area contributed by atoms with E-state index in [0.717, 1.165) is 25.9 Å². The van der Waals surface area contributed by atoms with Crippen molar-refractivity contribution in [3.63, 3.8) is 0 Å². The summed E-state index contributed by atoms with van der Waals surface area (Å²) in [6, 6.07) is 12.4. The van der Waals surface area contributed by atoms with E-state index >= 15 is 0 Å². The molecule has 0 aliphatic heterocycles. The molecular weight excluding hydrogens is 455 g/mol. The fourth-order valence-corrected chi connectivity index (χ4v) is 3.08. The first-order chi connectivity index (χ1) is 10.3. The summed E-state index contributed by atoms with van der Waals surface area (Å²) in [5, 5.41) is 0. The van der Waals surface area contributed by atoms with Gasteiger partial charge in [-0.15, -0.1) is 0 Å². The molecule has 0 radical (unpaired) electrons. The molecule has 0 bridgehead atoms. The van der Waals surface area contributed by atoms with Gasteiger partial charge in [0.25, 0.3) is 0 Å². The molecule has 0 fully saturated rings. The van der Waals surface area contributed by atoms with Gasteiger partial charge in [0.15, 0.2) is 0 Å². The maximum absolute atomic E-state index is 4.53. The van der Waals surface area contributed by atoms with E-state index in [-0.39, 0.29) is 0 Å². The van der Waals surface area contributed by atoms with E-state index in [2.05, 4.69) is 50.4 Å². The minimum atomic E-state index is -0.830. The predicted octanol–water partition coefficient (Wildman–Crippen LogP) is 2.28. The molecule has 0 saturated carbocycles. The zero-order chi connectivity index (χ0) is 14.7. The summed E-state index contributed by atoms with van der Waals surface area (Å²) < 4.78 is 5.05. The van der Waals surface area contributed by atoms with Crippen LogP contribution >= 0.6 is 0 Å². The van der Waals surface area contributed by atoms with E-state index in [4.69, 9.17) is 0 Å². The molecule has 0 unspecified atom stereocenters. The summed E-state index contributed by atoms with van der Waals surface area (Å²) in [7, 11) is 0. The van der Waals surface area contributed by atoms with E-state index < -0.39 is 22.8 Å². The van der Waals surface area contributed by atoms with Crippen LogP contribution < -0.4 is 3.40 Å². The topological polar surface area (TPSA) is 38.7 Å². The van der Waals surface area contributed by atoms with Crippen LogP contribution in [-0.2, 0) is 0 Å². The molecule has 0 aliphatic rings. The first-order valence-electron chi connectivity index (χ1n) is 6.58. The van der Waals surface area contributed by atoms with Crippen molar-refractivity contribution >= 4 is 30.4 Å². The van der Waals surface area contributed by atoms with Gasteiger partial charge in [0.1, 0.15) is 0 Å². The van der Waals surface area contributed by atoms with Crippen molar-refractivity contribution in [3.8, 4) is 22.5 Å². The minimum absolute atomic E-state index is 0.830. The van der Waals surface area contributed by atoms with E-state index in [1.54, 1.807) is 0 Å². The van der Waals surface area contributed by atoms with Crippen molar-refractivity contribution in [1.82, 2.24) is 15.0 Å². The van der Waals surface area contributed by atoms with E-state index in [9.17, 15) is 0 Å². The van der Waals surface area contributed by atoms with Gasteiger partial charge in [-0.2, -0.15) is 0 Å². The second kappa shape index (κ2) is 6.32. The molecule has 2 aromatic heterocycles. The van der Waals surface area contributed by atoms with Crippen LogP contribution in [0.4, 0.5) is 0 Å². The van der Waals surface area contributed by atoms with Crippen LogP contribution in [0.2, 0.25) is 0 Å². The zero-order valence-electron chi connectivity index (χ0n) is 11.7. The van der Waals surface area contributed by atoms with Gasteiger partial charge in [0, 0.05) is 0 Å². The molecule has 2 heterocycles. The Hall–Kier alpha value is -1.80. The molecule has 0 atom stereocenters. The van der Waals surface area contributed by atoms with Crippen LogP contribution in [0.3, 0.4) is 0 Å². The number of hydrogen-bond donors (Lipinski definition) is 0. The van der Waals surface area contributed by atoms with Gasteiger partial charge in [-0.1, -0.05) is 0 Å². The number of aryl methyl sites for hydroxylation is 1. The molecule has 3 aromatic rings. The Labute approximate surface area is 135 Å². The first kappa shape index (κ1) is 14.2. The van der Waals surface area contributed by atoms with Crippen LogP contribution in [0, 0.1) is 6.92 Å². The molecule has 4 heteroatoms. The number of rotatable bonds is 3. The predicted molar refractivity (Wildman–Crippen MR) is 87.9 cm³/mol. The summed E-state index contributed by atoms with van der Waals surface area (Å²) in [6.45, 7) is 2.08. The third-order valence-electron chi connectivity index (χ3n) is 3.21. The van der Waals surface area contributed by atoms with Crippen molar-refractivity contribution in [2.75, 3.05) is 0 Å². The van der Waals surface area contributed by atoms with Crippen LogP contribution in [0.25, 0.3) is 22.5 Å². The van der Waals surface area contributed by atoms with Gasteiger partial charge in [0.2, 0.25) is 0 Å². The van der Waals surface area contributed by atoms with Crippen LogP contribution in [0.15, 0.2) is 55.0 Å². The molecule has 3 rings (SSSR count). The van der Waals surface area contributed by atoms with Gasteiger partial charge in [-0.3, -0.25) is 0 Å². The summed E-state index contributed by atoms with van der Waals surface area (Å²) in [5.74, 6) is 0. The molecule has 3 nitrogen and oxygen atoms in total. The quantitative estimate of drug-likeness (QED) is 0.553. The van der Waals surface area contributed by atoms with Crippen molar-refractivity contribution in [3.05, 3.63) is 60.6 Å². The number of pyridine rings is 1. The Balaban J connectivity index is 1.89. The maximum atomic E-state index is 4.53. The standard InChI is InChI=1S/C16H12N3.CH2.Bi/c1-12-2-4-13(5-3-12)15-7-6-14(10-19-15)16-11-17-8-9-18-16;;/h2-7,9-11H,1H3;1H2;. The number of aromatic nitrogens is 3. The molecule has 21 heavy (non-hydrogen) atoms.